The Morgan fingerprint density at radius 1 is 0.913 bits per heavy atom. The van der Waals surface area contributed by atoms with E-state index in [9.17, 15) is 31.1 Å². The summed E-state index contributed by atoms with van der Waals surface area (Å²) in [5.74, 6) is -13.0. The van der Waals surface area contributed by atoms with Gasteiger partial charge in [-0.15, -0.1) is 0 Å². The minimum Gasteiger partial charge on any atom is -0.323 e. The average molecular weight is 354 g/mol. The Morgan fingerprint density at radius 3 is 2.00 bits per heavy atom. The first-order valence-corrected chi connectivity index (χ1v) is 6.35. The van der Waals surface area contributed by atoms with Gasteiger partial charge in [0.1, 0.15) is 5.82 Å². The monoisotopic (exact) mass is 353 g/mol. The Labute approximate surface area is 130 Å². The number of anilines is 1. The van der Waals surface area contributed by atoms with Crippen LogP contribution >= 0.6 is 11.6 Å². The molecule has 0 fully saturated rings. The fourth-order valence-electron chi connectivity index (χ4n) is 1.75. The van der Waals surface area contributed by atoms with Crippen LogP contribution in [0.1, 0.15) is 5.56 Å². The van der Waals surface area contributed by atoms with Gasteiger partial charge in [-0.25, -0.2) is 26.3 Å². The maximum absolute atomic E-state index is 13.4. The van der Waals surface area contributed by atoms with Gasteiger partial charge in [0, 0.05) is 10.6 Å². The lowest BCUT2D eigenvalue weighted by Crippen LogP contribution is -2.19. The van der Waals surface area contributed by atoms with Crippen molar-refractivity contribution in [3.63, 3.8) is 0 Å². The Kier molecular flexibility index (Phi) is 4.84. The van der Waals surface area contributed by atoms with Crippen molar-refractivity contribution >= 4 is 23.2 Å². The lowest BCUT2D eigenvalue weighted by Gasteiger charge is -2.09. The highest BCUT2D eigenvalue weighted by molar-refractivity contribution is 6.30. The molecule has 0 unspecified atom stereocenters. The lowest BCUT2D eigenvalue weighted by atomic mass is 10.1. The summed E-state index contributed by atoms with van der Waals surface area (Å²) >= 11 is 5.59. The molecule has 0 bridgehead atoms. The summed E-state index contributed by atoms with van der Waals surface area (Å²) in [6, 6.07) is 3.14. The van der Waals surface area contributed by atoms with E-state index in [1.165, 1.54) is 6.07 Å². The van der Waals surface area contributed by atoms with Crippen LogP contribution in [-0.4, -0.2) is 5.91 Å². The maximum Gasteiger partial charge on any atom is 0.229 e. The second-order valence-corrected chi connectivity index (χ2v) is 4.83. The van der Waals surface area contributed by atoms with Crippen LogP contribution < -0.4 is 5.32 Å². The van der Waals surface area contributed by atoms with Crippen molar-refractivity contribution < 1.29 is 31.1 Å². The zero-order chi connectivity index (χ0) is 17.3. The fourth-order valence-corrected chi connectivity index (χ4v) is 1.93. The smallest absolute Gasteiger partial charge is 0.229 e. The van der Waals surface area contributed by atoms with Gasteiger partial charge in [-0.1, -0.05) is 11.6 Å². The molecule has 0 atom stereocenters. The average Bonchev–Trinajstić information content (AvgIpc) is 2.51. The predicted molar refractivity (Wildman–Crippen MR) is 70.0 cm³/mol. The van der Waals surface area contributed by atoms with Crippen LogP contribution in [-0.2, 0) is 11.2 Å². The lowest BCUT2D eigenvalue weighted by molar-refractivity contribution is -0.115. The minimum absolute atomic E-state index is 0.0675. The van der Waals surface area contributed by atoms with Gasteiger partial charge in [-0.2, -0.15) is 0 Å². The molecule has 0 aliphatic heterocycles. The molecule has 2 aromatic rings. The van der Waals surface area contributed by atoms with E-state index in [0.717, 1.165) is 12.1 Å². The van der Waals surface area contributed by atoms with Crippen molar-refractivity contribution in [1.29, 1.82) is 0 Å². The molecule has 2 rings (SSSR count). The largest absolute Gasteiger partial charge is 0.323 e. The van der Waals surface area contributed by atoms with Gasteiger partial charge in [0.2, 0.25) is 11.7 Å². The summed E-state index contributed by atoms with van der Waals surface area (Å²) in [6.07, 6.45) is -1.18. The van der Waals surface area contributed by atoms with Crippen molar-refractivity contribution in [3.05, 3.63) is 63.7 Å². The van der Waals surface area contributed by atoms with Gasteiger partial charge in [0.15, 0.2) is 23.3 Å². The first kappa shape index (κ1) is 17.1. The number of hydrogen-bond acceptors (Lipinski definition) is 1. The number of nitrogens with one attached hydrogen (secondary N) is 1. The van der Waals surface area contributed by atoms with E-state index in [2.05, 4.69) is 0 Å². The van der Waals surface area contributed by atoms with Crippen molar-refractivity contribution in [2.75, 3.05) is 5.32 Å². The third-order valence-corrected chi connectivity index (χ3v) is 3.08. The highest BCUT2D eigenvalue weighted by atomic mass is 35.5. The molecule has 0 radical (unpaired) electrons. The number of carbonyl (C=O) groups is 1. The molecule has 2 aromatic carbocycles. The molecule has 2 nitrogen and oxygen atoms in total. The molecule has 0 heterocycles. The molecule has 1 amide bonds. The van der Waals surface area contributed by atoms with Crippen LogP contribution in [0.3, 0.4) is 0 Å². The van der Waals surface area contributed by atoms with Crippen LogP contribution in [0.2, 0.25) is 5.02 Å². The van der Waals surface area contributed by atoms with Crippen LogP contribution in [0.15, 0.2) is 18.2 Å². The molecule has 1 N–H and O–H groups in total. The summed E-state index contributed by atoms with van der Waals surface area (Å²) in [7, 11) is 0. The maximum atomic E-state index is 13.4. The van der Waals surface area contributed by atoms with Gasteiger partial charge < -0.3 is 5.32 Å². The summed E-state index contributed by atoms with van der Waals surface area (Å²) in [5, 5.41) is 2.00. The first-order chi connectivity index (χ1) is 10.7. The van der Waals surface area contributed by atoms with Gasteiger partial charge in [0.25, 0.3) is 0 Å². The Morgan fingerprint density at radius 2 is 1.43 bits per heavy atom. The van der Waals surface area contributed by atoms with E-state index in [4.69, 9.17) is 11.6 Å². The quantitative estimate of drug-likeness (QED) is 0.496. The number of carbonyl (C=O) groups excluding carboxylic acids is 1. The van der Waals surface area contributed by atoms with Gasteiger partial charge in [0.05, 0.1) is 12.1 Å². The van der Waals surface area contributed by atoms with E-state index < -0.39 is 58.5 Å². The van der Waals surface area contributed by atoms with E-state index in [0.29, 0.717) is 0 Å². The minimum atomic E-state index is -2.33. The normalized spacial score (nSPS) is 10.7. The number of benzene rings is 2. The second-order valence-electron chi connectivity index (χ2n) is 4.40. The Bertz CT molecular complexity index is 766. The van der Waals surface area contributed by atoms with Gasteiger partial charge >= 0.3 is 0 Å². The number of amides is 1. The molecule has 122 valence electrons. The third-order valence-electron chi connectivity index (χ3n) is 2.84. The molecule has 0 aliphatic rings. The molecule has 23 heavy (non-hydrogen) atoms. The summed E-state index contributed by atoms with van der Waals surface area (Å²) < 4.78 is 79.3. The van der Waals surface area contributed by atoms with Crippen LogP contribution in [0, 0.1) is 34.9 Å². The van der Waals surface area contributed by atoms with Gasteiger partial charge in [-0.3, -0.25) is 4.79 Å². The van der Waals surface area contributed by atoms with E-state index in [1.54, 1.807) is 0 Å². The standard InChI is InChI=1S/C14H6ClF6NO/c15-5-1-2-7(16)8(3-5)22-9(23)4-6-10(17)12(19)14(21)13(20)11(6)18/h1-3H,4H2,(H,22,23). The molecule has 0 spiro atoms. The Balaban J connectivity index is 2.29. The molecule has 0 saturated carbocycles. The highest BCUT2D eigenvalue weighted by Crippen LogP contribution is 2.24. The molecule has 0 saturated heterocycles. The topological polar surface area (TPSA) is 29.1 Å². The highest BCUT2D eigenvalue weighted by Gasteiger charge is 2.27. The summed E-state index contributed by atoms with van der Waals surface area (Å²) in [5.41, 5.74) is -1.72. The SMILES string of the molecule is O=C(Cc1c(F)c(F)c(F)c(F)c1F)Nc1cc(Cl)ccc1F. The molecule has 0 aromatic heterocycles. The molecular formula is C14H6ClF6NO. The third kappa shape index (κ3) is 3.42. The van der Waals surface area contributed by atoms with Crippen LogP contribution in [0.5, 0.6) is 0 Å². The summed E-state index contributed by atoms with van der Waals surface area (Å²) in [4.78, 5) is 11.7. The van der Waals surface area contributed by atoms with Gasteiger partial charge in [-0.05, 0) is 18.2 Å². The fraction of sp³-hybridized carbons (Fsp3) is 0.0714. The molecule has 9 heteroatoms. The number of halogens is 7. The van der Waals surface area contributed by atoms with E-state index in [-0.39, 0.29) is 5.02 Å². The summed E-state index contributed by atoms with van der Waals surface area (Å²) in [6.45, 7) is 0. The van der Waals surface area contributed by atoms with Crippen molar-refractivity contribution in [2.45, 2.75) is 6.42 Å². The molecule has 0 aliphatic carbocycles. The predicted octanol–water partition coefficient (Wildman–Crippen LogP) is 4.36. The van der Waals surface area contributed by atoms with Crippen molar-refractivity contribution in [1.82, 2.24) is 0 Å². The molecular weight excluding hydrogens is 348 g/mol. The van der Waals surface area contributed by atoms with Crippen LogP contribution in [0.4, 0.5) is 32.0 Å². The van der Waals surface area contributed by atoms with Crippen molar-refractivity contribution in [2.24, 2.45) is 0 Å². The van der Waals surface area contributed by atoms with Crippen LogP contribution in [0.25, 0.3) is 0 Å². The van der Waals surface area contributed by atoms with E-state index >= 15 is 0 Å². The first-order valence-electron chi connectivity index (χ1n) is 5.97. The Hall–Kier alpha value is -2.22. The number of rotatable bonds is 3. The second kappa shape index (κ2) is 6.49. The number of hydrogen-bond donors (Lipinski definition) is 1. The van der Waals surface area contributed by atoms with Crippen molar-refractivity contribution in [3.8, 4) is 0 Å². The van der Waals surface area contributed by atoms with E-state index in [1.807, 2.05) is 5.32 Å². The zero-order valence-electron chi connectivity index (χ0n) is 11.0. The zero-order valence-corrected chi connectivity index (χ0v) is 11.7.